The molecule has 37 heavy (non-hydrogen) atoms. The van der Waals surface area contributed by atoms with Crippen molar-refractivity contribution in [2.24, 2.45) is 0 Å². The number of rotatable bonds is 5. The highest BCUT2D eigenvalue weighted by Crippen LogP contribution is 2.30. The number of hydrogen-bond acceptors (Lipinski definition) is 4. The second-order valence-electron chi connectivity index (χ2n) is 9.21. The maximum atomic E-state index is 12.4. The lowest BCUT2D eigenvalue weighted by Crippen LogP contribution is -2.49. The van der Waals surface area contributed by atoms with Crippen LogP contribution >= 0.6 is 0 Å². The van der Waals surface area contributed by atoms with Gasteiger partial charge in [-0.25, -0.2) is 13.1 Å². The summed E-state index contributed by atoms with van der Waals surface area (Å²) in [6.45, 7) is 3.37. The first-order valence-corrected chi connectivity index (χ1v) is 13.7. The normalized spacial score (nSPS) is 19.1. The predicted molar refractivity (Wildman–Crippen MR) is 135 cm³/mol. The molecule has 2 aromatic carbocycles. The summed E-state index contributed by atoms with van der Waals surface area (Å²) in [5, 5.41) is 0. The molecule has 11 heteroatoms. The SMILES string of the molecule is CC(=O)N1CCN(C=O)[C@@H](c2ccccc2)C1.O=S(=O)(NC1CCCCC1)c1ccc(C(F)(F)F)cc1.[HH]. The molecule has 1 heterocycles. The van der Waals surface area contributed by atoms with E-state index in [1.807, 2.05) is 30.3 Å². The third kappa shape index (κ3) is 8.03. The first-order chi connectivity index (χ1) is 17.5. The van der Waals surface area contributed by atoms with E-state index in [-0.39, 0.29) is 24.3 Å². The number of alkyl halides is 3. The lowest BCUT2D eigenvalue weighted by atomic mass is 9.96. The second-order valence-corrected chi connectivity index (χ2v) is 10.9. The van der Waals surface area contributed by atoms with E-state index in [2.05, 4.69) is 4.72 Å². The molecule has 2 fully saturated rings. The molecular formula is C26H34F3N3O4S. The van der Waals surface area contributed by atoms with Crippen LogP contribution in [0, 0.1) is 0 Å². The number of hydrogen-bond donors (Lipinski definition) is 1. The maximum Gasteiger partial charge on any atom is 0.416 e. The molecule has 0 unspecified atom stereocenters. The van der Waals surface area contributed by atoms with Gasteiger partial charge in [0.05, 0.1) is 16.5 Å². The number of nitrogens with zero attached hydrogens (tertiary/aromatic N) is 2. The van der Waals surface area contributed by atoms with E-state index in [9.17, 15) is 31.2 Å². The van der Waals surface area contributed by atoms with Gasteiger partial charge in [0.15, 0.2) is 0 Å². The fourth-order valence-electron chi connectivity index (χ4n) is 4.51. The topological polar surface area (TPSA) is 86.8 Å². The molecule has 0 bridgehead atoms. The molecule has 204 valence electrons. The van der Waals surface area contributed by atoms with Crippen LogP contribution in [0.5, 0.6) is 0 Å². The largest absolute Gasteiger partial charge is 0.416 e. The van der Waals surface area contributed by atoms with Crippen molar-refractivity contribution in [3.05, 3.63) is 65.7 Å². The Bertz CT molecular complexity index is 1140. The summed E-state index contributed by atoms with van der Waals surface area (Å²) in [5.74, 6) is 0.0662. The van der Waals surface area contributed by atoms with Gasteiger partial charge in [0.25, 0.3) is 0 Å². The van der Waals surface area contributed by atoms with E-state index in [1.54, 1.807) is 16.7 Å². The molecule has 0 aromatic heterocycles. The first-order valence-electron chi connectivity index (χ1n) is 12.2. The van der Waals surface area contributed by atoms with Gasteiger partial charge in [-0.05, 0) is 42.7 Å². The summed E-state index contributed by atoms with van der Waals surface area (Å²) >= 11 is 0. The molecule has 2 aliphatic rings. The van der Waals surface area contributed by atoms with E-state index in [0.717, 1.165) is 68.3 Å². The summed E-state index contributed by atoms with van der Waals surface area (Å²) in [6.07, 6.45) is 1.01. The van der Waals surface area contributed by atoms with E-state index in [0.29, 0.717) is 19.6 Å². The summed E-state index contributed by atoms with van der Waals surface area (Å²) < 4.78 is 64.0. The minimum absolute atomic E-state index is 0. The Morgan fingerprint density at radius 3 is 2.16 bits per heavy atom. The zero-order chi connectivity index (χ0) is 27.1. The number of amides is 2. The summed E-state index contributed by atoms with van der Waals surface area (Å²) in [4.78, 5) is 25.9. The molecule has 2 amide bonds. The smallest absolute Gasteiger partial charge is 0.339 e. The zero-order valence-corrected chi connectivity index (χ0v) is 21.5. The van der Waals surface area contributed by atoms with Crippen molar-refractivity contribution in [3.63, 3.8) is 0 Å². The highest BCUT2D eigenvalue weighted by Gasteiger charge is 2.31. The minimum atomic E-state index is -4.46. The number of nitrogens with one attached hydrogen (secondary N) is 1. The van der Waals surface area contributed by atoms with Crippen LogP contribution in [0.1, 0.15) is 57.6 Å². The fraction of sp³-hybridized carbons (Fsp3) is 0.462. The highest BCUT2D eigenvalue weighted by atomic mass is 32.2. The van der Waals surface area contributed by atoms with E-state index in [1.165, 1.54) is 0 Å². The third-order valence-corrected chi connectivity index (χ3v) is 8.14. The van der Waals surface area contributed by atoms with Gasteiger partial charge < -0.3 is 9.80 Å². The summed E-state index contributed by atoms with van der Waals surface area (Å²) in [7, 11) is -3.74. The molecule has 1 aliphatic heterocycles. The Labute approximate surface area is 217 Å². The van der Waals surface area contributed by atoms with Crippen LogP contribution in [0.15, 0.2) is 59.5 Å². The minimum Gasteiger partial charge on any atom is -0.339 e. The van der Waals surface area contributed by atoms with Crippen molar-refractivity contribution in [2.75, 3.05) is 19.6 Å². The number of halogens is 3. The molecule has 4 rings (SSSR count). The third-order valence-electron chi connectivity index (χ3n) is 6.61. The van der Waals surface area contributed by atoms with Crippen molar-refractivity contribution in [1.29, 1.82) is 0 Å². The van der Waals surface area contributed by atoms with Crippen LogP contribution in [0.3, 0.4) is 0 Å². The molecule has 1 N–H and O–H groups in total. The molecule has 1 saturated carbocycles. The number of carbonyl (C=O) groups excluding carboxylic acids is 2. The molecule has 7 nitrogen and oxygen atoms in total. The lowest BCUT2D eigenvalue weighted by Gasteiger charge is -2.39. The van der Waals surface area contributed by atoms with Crippen LogP contribution in [0.4, 0.5) is 13.2 Å². The van der Waals surface area contributed by atoms with Gasteiger partial charge in [-0.1, -0.05) is 49.6 Å². The first kappa shape index (κ1) is 28.6. The van der Waals surface area contributed by atoms with Gasteiger partial charge in [-0.15, -0.1) is 0 Å². The van der Waals surface area contributed by atoms with Crippen LogP contribution in [0.2, 0.25) is 0 Å². The molecular weight excluding hydrogens is 507 g/mol. The van der Waals surface area contributed by atoms with E-state index in [4.69, 9.17) is 0 Å². The van der Waals surface area contributed by atoms with Crippen LogP contribution in [0.25, 0.3) is 0 Å². The van der Waals surface area contributed by atoms with Crippen molar-refractivity contribution in [3.8, 4) is 0 Å². The number of carbonyl (C=O) groups is 2. The second kappa shape index (κ2) is 12.6. The Hall–Kier alpha value is -2.92. The van der Waals surface area contributed by atoms with Crippen molar-refractivity contribution in [1.82, 2.24) is 14.5 Å². The van der Waals surface area contributed by atoms with Gasteiger partial charge in [0, 0.05) is 34.0 Å². The lowest BCUT2D eigenvalue weighted by molar-refractivity contribution is -0.137. The Balaban J connectivity index is 0.000000263. The molecule has 1 aliphatic carbocycles. The molecule has 0 radical (unpaired) electrons. The van der Waals surface area contributed by atoms with Gasteiger partial charge in [0.1, 0.15) is 0 Å². The van der Waals surface area contributed by atoms with Gasteiger partial charge in [-0.3, -0.25) is 9.59 Å². The Morgan fingerprint density at radius 2 is 1.62 bits per heavy atom. The van der Waals surface area contributed by atoms with Gasteiger partial charge >= 0.3 is 6.18 Å². The van der Waals surface area contributed by atoms with E-state index >= 15 is 0 Å². The average Bonchev–Trinajstić information content (AvgIpc) is 2.89. The van der Waals surface area contributed by atoms with Crippen LogP contribution in [-0.2, 0) is 25.8 Å². The molecule has 0 spiro atoms. The fourth-order valence-corrected chi connectivity index (χ4v) is 5.82. The summed E-state index contributed by atoms with van der Waals surface area (Å²) in [5.41, 5.74) is 0.222. The Morgan fingerprint density at radius 1 is 1.00 bits per heavy atom. The quantitative estimate of drug-likeness (QED) is 0.560. The van der Waals surface area contributed by atoms with Gasteiger partial charge in [-0.2, -0.15) is 13.2 Å². The molecule has 1 saturated heterocycles. The number of sulfonamides is 1. The highest BCUT2D eigenvalue weighted by molar-refractivity contribution is 7.89. The average molecular weight is 542 g/mol. The van der Waals surface area contributed by atoms with Crippen molar-refractivity contribution < 1.29 is 32.6 Å². The van der Waals surface area contributed by atoms with E-state index < -0.39 is 21.8 Å². The van der Waals surface area contributed by atoms with Gasteiger partial charge in [0.2, 0.25) is 22.3 Å². The van der Waals surface area contributed by atoms with Crippen molar-refractivity contribution >= 4 is 22.3 Å². The van der Waals surface area contributed by atoms with Crippen molar-refractivity contribution in [2.45, 2.75) is 62.2 Å². The zero-order valence-electron chi connectivity index (χ0n) is 20.7. The maximum absolute atomic E-state index is 12.4. The van der Waals surface area contributed by atoms with Crippen LogP contribution < -0.4 is 4.72 Å². The number of piperazine rings is 1. The predicted octanol–water partition coefficient (Wildman–Crippen LogP) is 4.61. The Kier molecular flexibility index (Phi) is 9.72. The molecule has 2 aromatic rings. The standard InChI is InChI=1S/C13H16F3NO2S.C13H16N2O2.H2/c14-13(15,16)10-6-8-12(9-7-10)20(18,19)17-11-4-2-1-3-5-11;1-11(17)14-7-8-15(10-16)13(9-14)12-5-3-2-4-6-12;/h6-9,11,17H,1-5H2;2-6,10,13H,7-9H2,1H3;1H/t;13-;/m.1./s1. The monoisotopic (exact) mass is 541 g/mol. The molecule has 1 atom stereocenters. The van der Waals surface area contributed by atoms with Crippen LogP contribution in [-0.4, -0.2) is 56.2 Å². The summed E-state index contributed by atoms with van der Waals surface area (Å²) in [6, 6.07) is 13.3. The number of benzene rings is 2.